The van der Waals surface area contributed by atoms with Crippen molar-refractivity contribution in [1.29, 1.82) is 0 Å². The molecule has 0 amide bonds. The molecular weight excluding hydrogens is 220 g/mol. The number of halogens is 1. The highest BCUT2D eigenvalue weighted by molar-refractivity contribution is 9.09. The summed E-state index contributed by atoms with van der Waals surface area (Å²) in [6, 6.07) is 4.34. The molecule has 0 aliphatic carbocycles. The Morgan fingerprint density at radius 2 is 2.27 bits per heavy atom. The van der Waals surface area contributed by atoms with Crippen molar-refractivity contribution in [2.45, 2.75) is 19.8 Å². The molecule has 1 aromatic rings. The summed E-state index contributed by atoms with van der Waals surface area (Å²) in [5, 5.41) is 3.23. The van der Waals surface area contributed by atoms with Gasteiger partial charge in [-0.25, -0.2) is 0 Å². The van der Waals surface area contributed by atoms with Gasteiger partial charge in [-0.2, -0.15) is 0 Å². The van der Waals surface area contributed by atoms with Gasteiger partial charge in [-0.1, -0.05) is 35.8 Å². The maximum absolute atomic E-state index is 3.51. The fourth-order valence-corrected chi connectivity index (χ4v) is 2.44. The molecule has 0 aliphatic heterocycles. The molecule has 0 fully saturated rings. The lowest BCUT2D eigenvalue weighted by Gasteiger charge is -2.15. The Bertz CT molecular complexity index is 193. The van der Waals surface area contributed by atoms with Crippen LogP contribution in [0.4, 0.5) is 0 Å². The summed E-state index contributed by atoms with van der Waals surface area (Å²) >= 11 is 5.36. The quantitative estimate of drug-likeness (QED) is 0.695. The number of hydrogen-bond acceptors (Lipinski definition) is 1. The van der Waals surface area contributed by atoms with Gasteiger partial charge in [0.2, 0.25) is 0 Å². The van der Waals surface area contributed by atoms with Crippen molar-refractivity contribution in [2.24, 2.45) is 5.92 Å². The van der Waals surface area contributed by atoms with Gasteiger partial charge in [0, 0.05) is 10.2 Å². The van der Waals surface area contributed by atoms with E-state index in [9.17, 15) is 0 Å². The molecule has 0 bridgehead atoms. The predicted molar refractivity (Wildman–Crippen MR) is 55.7 cm³/mol. The van der Waals surface area contributed by atoms with E-state index in [1.807, 2.05) is 11.3 Å². The van der Waals surface area contributed by atoms with E-state index >= 15 is 0 Å². The molecule has 0 aliphatic rings. The highest BCUT2D eigenvalue weighted by Crippen LogP contribution is 2.28. The van der Waals surface area contributed by atoms with E-state index in [2.05, 4.69) is 47.3 Å². The summed E-state index contributed by atoms with van der Waals surface area (Å²) in [4.78, 5) is 1.50. The third-order valence-corrected chi connectivity index (χ3v) is 4.18. The van der Waals surface area contributed by atoms with E-state index in [4.69, 9.17) is 0 Å². The SMILES string of the molecule is CC(CBr)C(C)c1cccs1. The van der Waals surface area contributed by atoms with Crippen molar-refractivity contribution >= 4 is 27.3 Å². The Hall–Kier alpha value is 0.180. The van der Waals surface area contributed by atoms with Crippen molar-refractivity contribution in [3.63, 3.8) is 0 Å². The molecule has 0 radical (unpaired) electrons. The Labute approximate surface area is 80.8 Å². The smallest absolute Gasteiger partial charge is 0.00763 e. The van der Waals surface area contributed by atoms with Crippen LogP contribution in [0.3, 0.4) is 0 Å². The first-order chi connectivity index (χ1) is 5.25. The minimum Gasteiger partial charge on any atom is -0.149 e. The molecule has 2 heteroatoms. The number of rotatable bonds is 3. The molecular formula is C9H13BrS. The highest BCUT2D eigenvalue weighted by Gasteiger charge is 2.13. The van der Waals surface area contributed by atoms with Gasteiger partial charge in [0.1, 0.15) is 0 Å². The van der Waals surface area contributed by atoms with Crippen molar-refractivity contribution in [2.75, 3.05) is 5.33 Å². The fraction of sp³-hybridized carbons (Fsp3) is 0.556. The first-order valence-electron chi connectivity index (χ1n) is 3.85. The van der Waals surface area contributed by atoms with Gasteiger partial charge in [0.25, 0.3) is 0 Å². The molecule has 0 aromatic carbocycles. The van der Waals surface area contributed by atoms with Gasteiger partial charge < -0.3 is 0 Å². The summed E-state index contributed by atoms with van der Waals surface area (Å²) in [7, 11) is 0. The van der Waals surface area contributed by atoms with Crippen LogP contribution in [0.25, 0.3) is 0 Å². The Morgan fingerprint density at radius 1 is 1.55 bits per heavy atom. The topological polar surface area (TPSA) is 0 Å². The van der Waals surface area contributed by atoms with Crippen LogP contribution in [0.1, 0.15) is 24.6 Å². The molecule has 0 saturated heterocycles. The van der Waals surface area contributed by atoms with Crippen molar-refractivity contribution in [3.05, 3.63) is 22.4 Å². The van der Waals surface area contributed by atoms with Gasteiger partial charge in [0.15, 0.2) is 0 Å². The first-order valence-corrected chi connectivity index (χ1v) is 5.85. The van der Waals surface area contributed by atoms with Crippen LogP contribution in [0.5, 0.6) is 0 Å². The van der Waals surface area contributed by atoms with Crippen LogP contribution in [0.15, 0.2) is 17.5 Å². The van der Waals surface area contributed by atoms with Crippen LogP contribution < -0.4 is 0 Å². The number of alkyl halides is 1. The molecule has 2 atom stereocenters. The molecule has 0 saturated carbocycles. The van der Waals surface area contributed by atoms with E-state index < -0.39 is 0 Å². The second kappa shape index (κ2) is 4.27. The van der Waals surface area contributed by atoms with Crippen LogP contribution in [0.2, 0.25) is 0 Å². The summed E-state index contributed by atoms with van der Waals surface area (Å²) in [5.74, 6) is 1.42. The average Bonchev–Trinajstić information content (AvgIpc) is 2.53. The van der Waals surface area contributed by atoms with E-state index in [0.29, 0.717) is 5.92 Å². The second-order valence-electron chi connectivity index (χ2n) is 2.94. The molecule has 1 rings (SSSR count). The van der Waals surface area contributed by atoms with Gasteiger partial charge in [-0.15, -0.1) is 11.3 Å². The number of thiophene rings is 1. The lowest BCUT2D eigenvalue weighted by Crippen LogP contribution is -2.05. The third-order valence-electron chi connectivity index (χ3n) is 2.09. The van der Waals surface area contributed by atoms with Crippen LogP contribution in [-0.2, 0) is 0 Å². The normalized spacial score (nSPS) is 16.3. The number of hydrogen-bond donors (Lipinski definition) is 0. The zero-order chi connectivity index (χ0) is 8.27. The molecule has 0 spiro atoms. The van der Waals surface area contributed by atoms with Crippen molar-refractivity contribution in [1.82, 2.24) is 0 Å². The summed E-state index contributed by atoms with van der Waals surface area (Å²) in [5.41, 5.74) is 0. The van der Waals surface area contributed by atoms with Gasteiger partial charge in [-0.05, 0) is 23.3 Å². The maximum atomic E-state index is 3.51. The minimum absolute atomic E-state index is 0.689. The van der Waals surface area contributed by atoms with Crippen LogP contribution in [-0.4, -0.2) is 5.33 Å². The van der Waals surface area contributed by atoms with Crippen LogP contribution in [0, 0.1) is 5.92 Å². The Kier molecular flexibility index (Phi) is 3.60. The van der Waals surface area contributed by atoms with Crippen molar-refractivity contribution < 1.29 is 0 Å². The summed E-state index contributed by atoms with van der Waals surface area (Å²) in [6.07, 6.45) is 0. The molecule has 1 aromatic heterocycles. The lowest BCUT2D eigenvalue weighted by atomic mass is 9.97. The summed E-state index contributed by atoms with van der Waals surface area (Å²) < 4.78 is 0. The first kappa shape index (κ1) is 9.27. The molecule has 2 unspecified atom stereocenters. The zero-order valence-electron chi connectivity index (χ0n) is 6.88. The van der Waals surface area contributed by atoms with E-state index in [1.165, 1.54) is 4.88 Å². The molecule has 1 heterocycles. The van der Waals surface area contributed by atoms with E-state index in [0.717, 1.165) is 11.2 Å². The van der Waals surface area contributed by atoms with Crippen molar-refractivity contribution in [3.8, 4) is 0 Å². The van der Waals surface area contributed by atoms with Gasteiger partial charge in [0.05, 0.1) is 0 Å². The predicted octanol–water partition coefficient (Wildman–Crippen LogP) is 3.88. The molecule has 62 valence electrons. The maximum Gasteiger partial charge on any atom is 0.00763 e. The molecule has 11 heavy (non-hydrogen) atoms. The average molecular weight is 233 g/mol. The van der Waals surface area contributed by atoms with Gasteiger partial charge in [-0.3, -0.25) is 0 Å². The summed E-state index contributed by atoms with van der Waals surface area (Å²) in [6.45, 7) is 4.57. The van der Waals surface area contributed by atoms with E-state index in [1.54, 1.807) is 0 Å². The highest BCUT2D eigenvalue weighted by atomic mass is 79.9. The Morgan fingerprint density at radius 3 is 2.73 bits per heavy atom. The molecule has 0 nitrogen and oxygen atoms in total. The second-order valence-corrected chi connectivity index (χ2v) is 4.56. The Balaban J connectivity index is 2.62. The zero-order valence-corrected chi connectivity index (χ0v) is 9.28. The molecule has 0 N–H and O–H groups in total. The minimum atomic E-state index is 0.689. The largest absolute Gasteiger partial charge is 0.149 e. The van der Waals surface area contributed by atoms with Gasteiger partial charge >= 0.3 is 0 Å². The van der Waals surface area contributed by atoms with Crippen LogP contribution >= 0.6 is 27.3 Å². The monoisotopic (exact) mass is 232 g/mol. The van der Waals surface area contributed by atoms with E-state index in [-0.39, 0.29) is 0 Å². The lowest BCUT2D eigenvalue weighted by molar-refractivity contribution is 0.555. The third kappa shape index (κ3) is 2.31. The standard InChI is InChI=1S/C9H13BrS/c1-7(6-10)8(2)9-4-3-5-11-9/h3-5,7-8H,6H2,1-2H3. The fourth-order valence-electron chi connectivity index (χ4n) is 0.964.